The molecule has 2 atom stereocenters. The monoisotopic (exact) mass is 351 g/mol. The van der Waals surface area contributed by atoms with Crippen LogP contribution < -0.4 is 10.1 Å². The van der Waals surface area contributed by atoms with Crippen LogP contribution in [0, 0.1) is 0 Å². The topological polar surface area (TPSA) is 34.4 Å². The van der Waals surface area contributed by atoms with E-state index in [1.807, 2.05) is 44.2 Å². The summed E-state index contributed by atoms with van der Waals surface area (Å²) in [7, 11) is 0. The van der Waals surface area contributed by atoms with Crippen LogP contribution in [0.15, 0.2) is 45.5 Å². The molecule has 1 aromatic heterocycles. The number of hydrogen-bond donors (Lipinski definition) is 1. The van der Waals surface area contributed by atoms with Crippen LogP contribution in [0.25, 0.3) is 0 Å². The first kappa shape index (κ1) is 16.1. The third-order valence-electron chi connectivity index (χ3n) is 3.27. The quantitative estimate of drug-likeness (QED) is 0.772. The third-order valence-corrected chi connectivity index (χ3v) is 3.70. The molecule has 21 heavy (non-hydrogen) atoms. The smallest absolute Gasteiger partial charge is 0.169 e. The first-order chi connectivity index (χ1) is 9.97. The molecule has 0 aliphatic heterocycles. The lowest BCUT2D eigenvalue weighted by molar-refractivity contribution is 0.237. The Morgan fingerprint density at radius 3 is 2.33 bits per heavy atom. The molecule has 0 fully saturated rings. The van der Waals surface area contributed by atoms with Crippen LogP contribution in [0.1, 0.15) is 51.1 Å². The first-order valence-corrected chi connectivity index (χ1v) is 8.03. The zero-order valence-electron chi connectivity index (χ0n) is 12.9. The van der Waals surface area contributed by atoms with Gasteiger partial charge in [0, 0.05) is 11.6 Å². The fraction of sp³-hybridized carbons (Fsp3) is 0.412. The Labute approximate surface area is 134 Å². The SMILES string of the molecule is CC(C)Oc1ccccc1C(C)NC(C)c1ccc(Br)o1. The molecular formula is C17H22BrNO2. The lowest BCUT2D eigenvalue weighted by atomic mass is 10.1. The van der Waals surface area contributed by atoms with Crippen LogP contribution in [0.3, 0.4) is 0 Å². The van der Waals surface area contributed by atoms with Gasteiger partial charge >= 0.3 is 0 Å². The maximum atomic E-state index is 5.89. The Hall–Kier alpha value is -1.26. The number of benzene rings is 1. The molecule has 4 heteroatoms. The van der Waals surface area contributed by atoms with Crippen molar-refractivity contribution in [2.45, 2.75) is 45.9 Å². The van der Waals surface area contributed by atoms with Gasteiger partial charge in [-0.3, -0.25) is 0 Å². The van der Waals surface area contributed by atoms with Gasteiger partial charge in [0.25, 0.3) is 0 Å². The summed E-state index contributed by atoms with van der Waals surface area (Å²) in [4.78, 5) is 0. The van der Waals surface area contributed by atoms with E-state index in [0.717, 1.165) is 21.7 Å². The predicted molar refractivity (Wildman–Crippen MR) is 88.6 cm³/mol. The molecule has 0 aliphatic carbocycles. The zero-order chi connectivity index (χ0) is 15.4. The number of furan rings is 1. The fourth-order valence-corrected chi connectivity index (χ4v) is 2.63. The van der Waals surface area contributed by atoms with Crippen LogP contribution in [0.4, 0.5) is 0 Å². The molecule has 0 saturated heterocycles. The molecule has 1 heterocycles. The van der Waals surface area contributed by atoms with Gasteiger partial charge in [0.15, 0.2) is 4.67 Å². The maximum absolute atomic E-state index is 5.89. The number of halogens is 1. The summed E-state index contributed by atoms with van der Waals surface area (Å²) >= 11 is 3.34. The standard InChI is InChI=1S/C17H22BrNO2/c1-11(2)20-16-8-6-5-7-14(16)12(3)19-13(4)15-9-10-17(18)21-15/h5-13,19H,1-4H3. The molecule has 0 spiro atoms. The van der Waals surface area contributed by atoms with Crippen molar-refractivity contribution < 1.29 is 9.15 Å². The molecule has 0 saturated carbocycles. The van der Waals surface area contributed by atoms with Crippen LogP contribution in [-0.2, 0) is 0 Å². The van der Waals surface area contributed by atoms with Gasteiger partial charge in [-0.05, 0) is 61.8 Å². The maximum Gasteiger partial charge on any atom is 0.169 e. The Bertz CT molecular complexity index is 580. The van der Waals surface area contributed by atoms with Crippen molar-refractivity contribution in [3.63, 3.8) is 0 Å². The zero-order valence-corrected chi connectivity index (χ0v) is 14.5. The van der Waals surface area contributed by atoms with Crippen LogP contribution >= 0.6 is 15.9 Å². The summed E-state index contributed by atoms with van der Waals surface area (Å²) in [6, 6.07) is 12.3. The van der Waals surface area contributed by atoms with Crippen molar-refractivity contribution in [1.82, 2.24) is 5.32 Å². The molecule has 0 bridgehead atoms. The highest BCUT2D eigenvalue weighted by Gasteiger charge is 2.17. The van der Waals surface area contributed by atoms with Crippen LogP contribution in [0.2, 0.25) is 0 Å². The molecule has 1 aromatic carbocycles. The van der Waals surface area contributed by atoms with Gasteiger partial charge in [-0.15, -0.1) is 0 Å². The second kappa shape index (κ2) is 7.14. The second-order valence-corrected chi connectivity index (χ2v) is 6.24. The highest BCUT2D eigenvalue weighted by molar-refractivity contribution is 9.10. The molecule has 0 radical (unpaired) electrons. The number of para-hydroxylation sites is 1. The van der Waals surface area contributed by atoms with Gasteiger partial charge in [-0.1, -0.05) is 18.2 Å². The fourth-order valence-electron chi connectivity index (χ4n) is 2.31. The molecule has 2 rings (SSSR count). The summed E-state index contributed by atoms with van der Waals surface area (Å²) in [5.74, 6) is 1.84. The van der Waals surface area contributed by atoms with E-state index in [1.54, 1.807) is 0 Å². The summed E-state index contributed by atoms with van der Waals surface area (Å²) in [6.45, 7) is 8.31. The van der Waals surface area contributed by atoms with E-state index in [9.17, 15) is 0 Å². The van der Waals surface area contributed by atoms with E-state index >= 15 is 0 Å². The Morgan fingerprint density at radius 2 is 1.71 bits per heavy atom. The van der Waals surface area contributed by atoms with Gasteiger partial charge in [0.05, 0.1) is 12.1 Å². The Morgan fingerprint density at radius 1 is 1.00 bits per heavy atom. The summed E-state index contributed by atoms with van der Waals surface area (Å²) in [6.07, 6.45) is 0.164. The first-order valence-electron chi connectivity index (χ1n) is 7.24. The van der Waals surface area contributed by atoms with Crippen molar-refractivity contribution in [2.75, 3.05) is 0 Å². The molecule has 1 N–H and O–H groups in total. The van der Waals surface area contributed by atoms with Crippen molar-refractivity contribution in [3.05, 3.63) is 52.4 Å². The highest BCUT2D eigenvalue weighted by Crippen LogP contribution is 2.28. The molecule has 3 nitrogen and oxygen atoms in total. The van der Waals surface area contributed by atoms with Gasteiger partial charge in [-0.2, -0.15) is 0 Å². The summed E-state index contributed by atoms with van der Waals surface area (Å²) in [5.41, 5.74) is 1.16. The normalized spacial score (nSPS) is 14.2. The molecule has 114 valence electrons. The lowest BCUT2D eigenvalue weighted by Crippen LogP contribution is -2.23. The number of ether oxygens (including phenoxy) is 1. The number of nitrogens with one attached hydrogen (secondary N) is 1. The van der Waals surface area contributed by atoms with Crippen molar-refractivity contribution >= 4 is 15.9 Å². The van der Waals surface area contributed by atoms with Crippen molar-refractivity contribution in [2.24, 2.45) is 0 Å². The largest absolute Gasteiger partial charge is 0.491 e. The Kier molecular flexibility index (Phi) is 5.48. The van der Waals surface area contributed by atoms with E-state index in [2.05, 4.69) is 41.2 Å². The lowest BCUT2D eigenvalue weighted by Gasteiger charge is -2.22. The van der Waals surface area contributed by atoms with Crippen molar-refractivity contribution in [1.29, 1.82) is 0 Å². The van der Waals surface area contributed by atoms with E-state index in [4.69, 9.17) is 9.15 Å². The van der Waals surface area contributed by atoms with E-state index < -0.39 is 0 Å². The average Bonchev–Trinajstić information content (AvgIpc) is 2.85. The molecule has 0 aliphatic rings. The Balaban J connectivity index is 2.11. The minimum absolute atomic E-state index is 0.124. The van der Waals surface area contributed by atoms with Crippen molar-refractivity contribution in [3.8, 4) is 5.75 Å². The minimum atomic E-state index is 0.124. The van der Waals surface area contributed by atoms with E-state index in [1.165, 1.54) is 0 Å². The van der Waals surface area contributed by atoms with Gasteiger partial charge in [0.2, 0.25) is 0 Å². The molecular weight excluding hydrogens is 330 g/mol. The summed E-state index contributed by atoms with van der Waals surface area (Å²) < 4.78 is 12.2. The third kappa shape index (κ3) is 4.35. The molecule has 0 amide bonds. The van der Waals surface area contributed by atoms with Crippen LogP contribution in [0.5, 0.6) is 5.75 Å². The summed E-state index contributed by atoms with van der Waals surface area (Å²) in [5, 5.41) is 3.54. The number of hydrogen-bond acceptors (Lipinski definition) is 3. The van der Waals surface area contributed by atoms with E-state index in [0.29, 0.717) is 0 Å². The minimum Gasteiger partial charge on any atom is -0.491 e. The van der Waals surface area contributed by atoms with E-state index in [-0.39, 0.29) is 18.2 Å². The molecule has 2 unspecified atom stereocenters. The average molecular weight is 352 g/mol. The number of rotatable bonds is 6. The highest BCUT2D eigenvalue weighted by atomic mass is 79.9. The predicted octanol–water partition coefficient (Wildman–Crippen LogP) is 5.24. The van der Waals surface area contributed by atoms with Gasteiger partial charge in [0.1, 0.15) is 11.5 Å². The molecule has 2 aromatic rings. The second-order valence-electron chi connectivity index (χ2n) is 5.46. The van der Waals surface area contributed by atoms with Gasteiger partial charge in [-0.25, -0.2) is 0 Å². The van der Waals surface area contributed by atoms with Gasteiger partial charge < -0.3 is 14.5 Å². The van der Waals surface area contributed by atoms with Crippen LogP contribution in [-0.4, -0.2) is 6.10 Å².